The Morgan fingerprint density at radius 3 is 2.39 bits per heavy atom. The zero-order valence-corrected chi connectivity index (χ0v) is 11.5. The molecule has 1 aromatic carbocycles. The van der Waals surface area contributed by atoms with E-state index in [2.05, 4.69) is 13.5 Å². The van der Waals surface area contributed by atoms with E-state index < -0.39 is 5.97 Å². The molecule has 0 heterocycles. The number of rotatable bonds is 5. The number of ether oxygens (including phenoxy) is 2. The molecule has 0 N–H and O–H groups in total. The molecule has 3 nitrogen and oxygen atoms in total. The van der Waals surface area contributed by atoms with Gasteiger partial charge in [0.05, 0.1) is 7.11 Å². The van der Waals surface area contributed by atoms with Gasteiger partial charge in [0.1, 0.15) is 0 Å². The molecule has 0 amide bonds. The summed E-state index contributed by atoms with van der Waals surface area (Å²) in [6, 6.07) is 3.95. The Hall–Kier alpha value is -1.77. The van der Waals surface area contributed by atoms with Gasteiger partial charge in [-0.1, -0.05) is 26.5 Å². The molecule has 0 bridgehead atoms. The van der Waals surface area contributed by atoms with Gasteiger partial charge >= 0.3 is 5.97 Å². The lowest BCUT2D eigenvalue weighted by atomic mass is 10.0. The average molecular weight is 248 g/mol. The SMILES string of the molecule is C=C(C)C(=O)Oc1c(CC)cc(CC)cc1OC. The predicted octanol–water partition coefficient (Wildman–Crippen LogP) is 3.30. The molecule has 0 unspecified atom stereocenters. The van der Waals surface area contributed by atoms with Gasteiger partial charge < -0.3 is 9.47 Å². The first-order valence-electron chi connectivity index (χ1n) is 6.10. The van der Waals surface area contributed by atoms with Gasteiger partial charge in [0, 0.05) is 5.57 Å². The van der Waals surface area contributed by atoms with Gasteiger partial charge in [-0.15, -0.1) is 0 Å². The van der Waals surface area contributed by atoms with Crippen molar-refractivity contribution in [2.24, 2.45) is 0 Å². The molecule has 98 valence electrons. The minimum absolute atomic E-state index is 0.374. The molecule has 0 radical (unpaired) electrons. The van der Waals surface area contributed by atoms with Gasteiger partial charge in [0.25, 0.3) is 0 Å². The van der Waals surface area contributed by atoms with Crippen LogP contribution in [0, 0.1) is 0 Å². The molecular weight excluding hydrogens is 228 g/mol. The van der Waals surface area contributed by atoms with Crippen molar-refractivity contribution in [3.8, 4) is 11.5 Å². The molecule has 0 aliphatic rings. The van der Waals surface area contributed by atoms with E-state index in [-0.39, 0.29) is 0 Å². The third-order valence-electron chi connectivity index (χ3n) is 2.74. The third-order valence-corrected chi connectivity index (χ3v) is 2.74. The first-order chi connectivity index (χ1) is 8.53. The fourth-order valence-electron chi connectivity index (χ4n) is 1.64. The van der Waals surface area contributed by atoms with Crippen LogP contribution in [0.5, 0.6) is 11.5 Å². The van der Waals surface area contributed by atoms with E-state index in [1.165, 1.54) is 5.56 Å². The highest BCUT2D eigenvalue weighted by molar-refractivity contribution is 5.89. The van der Waals surface area contributed by atoms with E-state index in [0.29, 0.717) is 17.1 Å². The minimum atomic E-state index is -0.424. The second-order valence-corrected chi connectivity index (χ2v) is 4.16. The molecule has 3 heteroatoms. The van der Waals surface area contributed by atoms with E-state index in [1.807, 2.05) is 19.1 Å². The highest BCUT2D eigenvalue weighted by Gasteiger charge is 2.15. The Morgan fingerprint density at radius 1 is 1.28 bits per heavy atom. The zero-order valence-electron chi connectivity index (χ0n) is 11.5. The average Bonchev–Trinajstić information content (AvgIpc) is 2.38. The number of hydrogen-bond acceptors (Lipinski definition) is 3. The summed E-state index contributed by atoms with van der Waals surface area (Å²) >= 11 is 0. The lowest BCUT2D eigenvalue weighted by Crippen LogP contribution is -2.11. The molecule has 0 aliphatic heterocycles. The molecule has 1 aromatic rings. The quantitative estimate of drug-likeness (QED) is 0.455. The van der Waals surface area contributed by atoms with Crippen molar-refractivity contribution in [3.05, 3.63) is 35.4 Å². The van der Waals surface area contributed by atoms with Crippen LogP contribution in [-0.4, -0.2) is 13.1 Å². The van der Waals surface area contributed by atoms with Crippen LogP contribution in [0.2, 0.25) is 0 Å². The Morgan fingerprint density at radius 2 is 1.94 bits per heavy atom. The molecule has 0 aliphatic carbocycles. The third kappa shape index (κ3) is 3.13. The molecule has 0 saturated heterocycles. The molecular formula is C15H20O3. The number of hydrogen-bond donors (Lipinski definition) is 0. The van der Waals surface area contributed by atoms with Crippen molar-refractivity contribution >= 4 is 5.97 Å². The molecule has 1 rings (SSSR count). The van der Waals surface area contributed by atoms with Crippen LogP contribution in [0.25, 0.3) is 0 Å². The molecule has 18 heavy (non-hydrogen) atoms. The summed E-state index contributed by atoms with van der Waals surface area (Å²) < 4.78 is 10.7. The Labute approximate surface area is 108 Å². The number of carbonyl (C=O) groups excluding carboxylic acids is 1. The van der Waals surface area contributed by atoms with E-state index in [4.69, 9.17) is 9.47 Å². The van der Waals surface area contributed by atoms with E-state index in [0.717, 1.165) is 18.4 Å². The topological polar surface area (TPSA) is 35.5 Å². The maximum absolute atomic E-state index is 11.6. The fraction of sp³-hybridized carbons (Fsp3) is 0.400. The number of carbonyl (C=O) groups is 1. The van der Waals surface area contributed by atoms with Crippen molar-refractivity contribution in [1.29, 1.82) is 0 Å². The first kappa shape index (κ1) is 14.3. The van der Waals surface area contributed by atoms with Gasteiger partial charge in [-0.3, -0.25) is 0 Å². The van der Waals surface area contributed by atoms with Crippen LogP contribution in [-0.2, 0) is 17.6 Å². The molecule has 0 aromatic heterocycles. The summed E-state index contributed by atoms with van der Waals surface area (Å²) in [5, 5.41) is 0. The van der Waals surface area contributed by atoms with Gasteiger partial charge in [-0.25, -0.2) is 4.79 Å². The van der Waals surface area contributed by atoms with E-state index >= 15 is 0 Å². The van der Waals surface area contributed by atoms with Gasteiger partial charge in [-0.05, 0) is 37.0 Å². The summed E-state index contributed by atoms with van der Waals surface area (Å²) in [7, 11) is 1.58. The maximum atomic E-state index is 11.6. The van der Waals surface area contributed by atoms with Crippen LogP contribution >= 0.6 is 0 Å². The van der Waals surface area contributed by atoms with Crippen LogP contribution in [0.1, 0.15) is 31.9 Å². The van der Waals surface area contributed by atoms with Crippen LogP contribution < -0.4 is 9.47 Å². The maximum Gasteiger partial charge on any atom is 0.338 e. The summed E-state index contributed by atoms with van der Waals surface area (Å²) in [6.07, 6.45) is 1.70. The number of esters is 1. The second-order valence-electron chi connectivity index (χ2n) is 4.16. The van der Waals surface area contributed by atoms with Crippen molar-refractivity contribution in [3.63, 3.8) is 0 Å². The van der Waals surface area contributed by atoms with Gasteiger partial charge in [0.15, 0.2) is 11.5 Å². The number of methoxy groups -OCH3 is 1. The minimum Gasteiger partial charge on any atom is -0.493 e. The summed E-state index contributed by atoms with van der Waals surface area (Å²) in [5.41, 5.74) is 2.51. The molecule has 0 fully saturated rings. The van der Waals surface area contributed by atoms with Crippen LogP contribution in [0.3, 0.4) is 0 Å². The normalized spacial score (nSPS) is 10.0. The van der Waals surface area contributed by atoms with Gasteiger partial charge in [0.2, 0.25) is 0 Å². The molecule has 0 saturated carbocycles. The Kier molecular flexibility index (Phi) is 4.95. The highest BCUT2D eigenvalue weighted by Crippen LogP contribution is 2.34. The highest BCUT2D eigenvalue weighted by atomic mass is 16.6. The number of benzene rings is 1. The summed E-state index contributed by atoms with van der Waals surface area (Å²) in [6.45, 7) is 9.30. The van der Waals surface area contributed by atoms with E-state index in [9.17, 15) is 4.79 Å². The van der Waals surface area contributed by atoms with Crippen LogP contribution in [0.4, 0.5) is 0 Å². The van der Waals surface area contributed by atoms with Crippen molar-refractivity contribution < 1.29 is 14.3 Å². The van der Waals surface area contributed by atoms with Crippen molar-refractivity contribution in [1.82, 2.24) is 0 Å². The summed E-state index contributed by atoms with van der Waals surface area (Å²) in [4.78, 5) is 11.6. The van der Waals surface area contributed by atoms with Gasteiger partial charge in [-0.2, -0.15) is 0 Å². The van der Waals surface area contributed by atoms with E-state index in [1.54, 1.807) is 14.0 Å². The van der Waals surface area contributed by atoms with Crippen molar-refractivity contribution in [2.45, 2.75) is 33.6 Å². The standard InChI is InChI=1S/C15H20O3/c1-6-11-8-12(7-2)14(13(9-11)17-5)18-15(16)10(3)4/h8-9H,3,6-7H2,1-2,4-5H3. The monoisotopic (exact) mass is 248 g/mol. The largest absolute Gasteiger partial charge is 0.493 e. The first-order valence-corrected chi connectivity index (χ1v) is 6.10. The van der Waals surface area contributed by atoms with Crippen molar-refractivity contribution in [2.75, 3.05) is 7.11 Å². The lowest BCUT2D eigenvalue weighted by molar-refractivity contribution is -0.130. The Balaban J connectivity index is 3.22. The number of aryl methyl sites for hydroxylation is 2. The van der Waals surface area contributed by atoms with Crippen LogP contribution in [0.15, 0.2) is 24.3 Å². The predicted molar refractivity (Wildman–Crippen MR) is 72.2 cm³/mol. The lowest BCUT2D eigenvalue weighted by Gasteiger charge is -2.14. The zero-order chi connectivity index (χ0) is 13.7. The Bertz CT molecular complexity index is 436. The fourth-order valence-corrected chi connectivity index (χ4v) is 1.64. The molecule has 0 atom stereocenters. The molecule has 0 spiro atoms. The summed E-state index contributed by atoms with van der Waals surface area (Å²) in [5.74, 6) is 0.679. The second kappa shape index (κ2) is 6.24. The smallest absolute Gasteiger partial charge is 0.338 e.